The van der Waals surface area contributed by atoms with Gasteiger partial charge in [0.25, 0.3) is 0 Å². The third-order valence-electron chi connectivity index (χ3n) is 2.57. The molecule has 2 N–H and O–H groups in total. The third kappa shape index (κ3) is 5.00. The van der Waals surface area contributed by atoms with Crippen LogP contribution in [0.3, 0.4) is 0 Å². The zero-order chi connectivity index (χ0) is 13.5. The van der Waals surface area contributed by atoms with Crippen molar-refractivity contribution in [3.63, 3.8) is 0 Å². The minimum Gasteiger partial charge on any atom is -0.478 e. The number of carboxylic acid groups (broad SMARTS) is 1. The fourth-order valence-corrected chi connectivity index (χ4v) is 2.46. The maximum Gasteiger partial charge on any atom is 0.328 e. The Hall–Kier alpha value is -1.17. The Balaban J connectivity index is 2.64. The van der Waals surface area contributed by atoms with Crippen LogP contribution in [0.1, 0.15) is 24.3 Å². The SMILES string of the molecule is CC(C)N(CCO)Cc1cc(C=CC(=O)O)cs1. The summed E-state index contributed by atoms with van der Waals surface area (Å²) in [4.78, 5) is 13.8. The number of carboxylic acids is 1. The van der Waals surface area contributed by atoms with Gasteiger partial charge in [-0.3, -0.25) is 4.90 Å². The van der Waals surface area contributed by atoms with E-state index in [-0.39, 0.29) is 6.61 Å². The molecule has 18 heavy (non-hydrogen) atoms. The lowest BCUT2D eigenvalue weighted by atomic mass is 10.2. The number of hydrogen-bond donors (Lipinski definition) is 2. The van der Waals surface area contributed by atoms with Gasteiger partial charge in [-0.05, 0) is 36.9 Å². The van der Waals surface area contributed by atoms with Crippen molar-refractivity contribution in [1.29, 1.82) is 0 Å². The predicted octanol–water partition coefficient (Wildman–Crippen LogP) is 2.05. The molecule has 0 saturated heterocycles. The molecular formula is C13H19NO3S. The molecule has 0 aliphatic heterocycles. The van der Waals surface area contributed by atoms with Crippen molar-refractivity contribution in [2.75, 3.05) is 13.2 Å². The van der Waals surface area contributed by atoms with Gasteiger partial charge in [0.2, 0.25) is 0 Å². The van der Waals surface area contributed by atoms with E-state index < -0.39 is 5.97 Å². The zero-order valence-electron chi connectivity index (χ0n) is 10.7. The molecule has 0 bridgehead atoms. The number of carbonyl (C=O) groups is 1. The molecule has 0 aliphatic rings. The molecule has 100 valence electrons. The summed E-state index contributed by atoms with van der Waals surface area (Å²) in [6, 6.07) is 2.36. The van der Waals surface area contributed by atoms with Crippen LogP contribution in [-0.4, -0.2) is 40.3 Å². The highest BCUT2D eigenvalue weighted by molar-refractivity contribution is 7.10. The largest absolute Gasteiger partial charge is 0.478 e. The van der Waals surface area contributed by atoms with Crippen molar-refractivity contribution in [3.05, 3.63) is 28.0 Å². The van der Waals surface area contributed by atoms with Gasteiger partial charge >= 0.3 is 5.97 Å². The van der Waals surface area contributed by atoms with Crippen molar-refractivity contribution >= 4 is 23.4 Å². The Labute approximate surface area is 111 Å². The van der Waals surface area contributed by atoms with E-state index in [1.807, 2.05) is 11.4 Å². The molecule has 0 fully saturated rings. The first kappa shape index (κ1) is 14.9. The van der Waals surface area contributed by atoms with Gasteiger partial charge in [0.15, 0.2) is 0 Å². The van der Waals surface area contributed by atoms with E-state index >= 15 is 0 Å². The molecule has 0 aliphatic carbocycles. The predicted molar refractivity (Wildman–Crippen MR) is 73.6 cm³/mol. The Morgan fingerprint density at radius 3 is 2.83 bits per heavy atom. The van der Waals surface area contributed by atoms with E-state index in [9.17, 15) is 4.79 Å². The molecule has 5 heteroatoms. The van der Waals surface area contributed by atoms with E-state index in [1.54, 1.807) is 17.4 Å². The summed E-state index contributed by atoms with van der Waals surface area (Å²) in [5, 5.41) is 19.5. The summed E-state index contributed by atoms with van der Waals surface area (Å²) >= 11 is 1.61. The standard InChI is InChI=1S/C13H19NO3S/c1-10(2)14(5-6-15)8-12-7-11(9-18-12)3-4-13(16)17/h3-4,7,9-10,15H,5-6,8H2,1-2H3,(H,16,17). The average Bonchev–Trinajstić information content (AvgIpc) is 2.73. The monoisotopic (exact) mass is 269 g/mol. The van der Waals surface area contributed by atoms with E-state index in [1.165, 1.54) is 4.88 Å². The minimum atomic E-state index is -0.938. The van der Waals surface area contributed by atoms with Crippen LogP contribution in [0.15, 0.2) is 17.5 Å². The van der Waals surface area contributed by atoms with Crippen LogP contribution >= 0.6 is 11.3 Å². The second-order valence-corrected chi connectivity index (χ2v) is 5.30. The molecule has 4 nitrogen and oxygen atoms in total. The van der Waals surface area contributed by atoms with Crippen molar-refractivity contribution in [1.82, 2.24) is 4.90 Å². The normalized spacial score (nSPS) is 11.8. The van der Waals surface area contributed by atoms with Gasteiger partial charge in [0.1, 0.15) is 0 Å². The first-order chi connectivity index (χ1) is 8.52. The first-order valence-electron chi connectivity index (χ1n) is 5.86. The fraction of sp³-hybridized carbons (Fsp3) is 0.462. The van der Waals surface area contributed by atoms with Crippen LogP contribution < -0.4 is 0 Å². The summed E-state index contributed by atoms with van der Waals surface area (Å²) < 4.78 is 0. The van der Waals surface area contributed by atoms with Crippen molar-refractivity contribution < 1.29 is 15.0 Å². The van der Waals surface area contributed by atoms with Crippen LogP contribution in [0.5, 0.6) is 0 Å². The summed E-state index contributed by atoms with van der Waals surface area (Å²) in [5.74, 6) is -0.938. The highest BCUT2D eigenvalue weighted by atomic mass is 32.1. The van der Waals surface area contributed by atoms with E-state index in [4.69, 9.17) is 10.2 Å². The highest BCUT2D eigenvalue weighted by Crippen LogP contribution is 2.19. The second-order valence-electron chi connectivity index (χ2n) is 4.31. The quantitative estimate of drug-likeness (QED) is 0.744. The molecule has 1 aromatic heterocycles. The van der Waals surface area contributed by atoms with Crippen LogP contribution in [0.2, 0.25) is 0 Å². The topological polar surface area (TPSA) is 60.8 Å². The second kappa shape index (κ2) is 7.31. The summed E-state index contributed by atoms with van der Waals surface area (Å²) in [6.45, 7) is 5.76. The number of aliphatic carboxylic acids is 1. The zero-order valence-corrected chi connectivity index (χ0v) is 11.5. The third-order valence-corrected chi connectivity index (χ3v) is 3.51. The number of thiophene rings is 1. The molecular weight excluding hydrogens is 250 g/mol. The number of nitrogens with zero attached hydrogens (tertiary/aromatic N) is 1. The van der Waals surface area contributed by atoms with Crippen LogP contribution in [0, 0.1) is 0 Å². The lowest BCUT2D eigenvalue weighted by Gasteiger charge is -2.24. The van der Waals surface area contributed by atoms with Crippen molar-refractivity contribution in [2.45, 2.75) is 26.4 Å². The van der Waals surface area contributed by atoms with Gasteiger partial charge in [-0.2, -0.15) is 0 Å². The van der Waals surface area contributed by atoms with Gasteiger partial charge in [0.05, 0.1) is 6.61 Å². The van der Waals surface area contributed by atoms with E-state index in [2.05, 4.69) is 18.7 Å². The van der Waals surface area contributed by atoms with E-state index in [0.717, 1.165) is 18.2 Å². The van der Waals surface area contributed by atoms with Crippen molar-refractivity contribution in [2.24, 2.45) is 0 Å². The molecule has 1 aromatic rings. The number of rotatable bonds is 7. The molecule has 0 amide bonds. The lowest BCUT2D eigenvalue weighted by Crippen LogP contribution is -2.32. The van der Waals surface area contributed by atoms with Gasteiger partial charge in [-0.15, -0.1) is 11.3 Å². The maximum absolute atomic E-state index is 10.4. The summed E-state index contributed by atoms with van der Waals surface area (Å²) in [7, 11) is 0. The van der Waals surface area contributed by atoms with Gasteiger partial charge in [-0.25, -0.2) is 4.79 Å². The average molecular weight is 269 g/mol. The van der Waals surface area contributed by atoms with Gasteiger partial charge < -0.3 is 10.2 Å². The Bertz CT molecular complexity index is 412. The maximum atomic E-state index is 10.4. The summed E-state index contributed by atoms with van der Waals surface area (Å²) in [6.07, 6.45) is 2.73. The minimum absolute atomic E-state index is 0.148. The van der Waals surface area contributed by atoms with Crippen LogP contribution in [0.4, 0.5) is 0 Å². The Morgan fingerprint density at radius 2 is 2.28 bits per heavy atom. The fourth-order valence-electron chi connectivity index (χ4n) is 1.58. The van der Waals surface area contributed by atoms with Crippen LogP contribution in [0.25, 0.3) is 6.08 Å². The number of hydrogen-bond acceptors (Lipinski definition) is 4. The molecule has 0 spiro atoms. The first-order valence-corrected chi connectivity index (χ1v) is 6.74. The molecule has 0 unspecified atom stereocenters. The van der Waals surface area contributed by atoms with Gasteiger partial charge in [0, 0.05) is 30.1 Å². The molecule has 0 radical (unpaired) electrons. The smallest absolute Gasteiger partial charge is 0.328 e. The lowest BCUT2D eigenvalue weighted by molar-refractivity contribution is -0.131. The molecule has 1 rings (SSSR count). The van der Waals surface area contributed by atoms with E-state index in [0.29, 0.717) is 12.6 Å². The molecule has 0 aromatic carbocycles. The van der Waals surface area contributed by atoms with Crippen molar-refractivity contribution in [3.8, 4) is 0 Å². The molecule has 0 atom stereocenters. The van der Waals surface area contributed by atoms with Gasteiger partial charge in [-0.1, -0.05) is 0 Å². The molecule has 0 saturated carbocycles. The number of aliphatic hydroxyl groups is 1. The highest BCUT2D eigenvalue weighted by Gasteiger charge is 2.10. The Kier molecular flexibility index (Phi) is 6.04. The summed E-state index contributed by atoms with van der Waals surface area (Å²) in [5.41, 5.74) is 0.908. The molecule has 1 heterocycles. The van der Waals surface area contributed by atoms with Crippen LogP contribution in [-0.2, 0) is 11.3 Å². The Morgan fingerprint density at radius 1 is 1.56 bits per heavy atom. The number of aliphatic hydroxyl groups excluding tert-OH is 1.